The molecule has 0 saturated heterocycles. The molecule has 0 N–H and O–H groups in total. The van der Waals surface area contributed by atoms with E-state index in [2.05, 4.69) is 62.4 Å². The van der Waals surface area contributed by atoms with Gasteiger partial charge in [0.25, 0.3) is 0 Å². The van der Waals surface area contributed by atoms with Gasteiger partial charge in [-0.25, -0.2) is 0 Å². The molecule has 0 aliphatic heterocycles. The Bertz CT molecular complexity index is 1050. The van der Waals surface area contributed by atoms with E-state index in [1.165, 1.54) is 107 Å². The fourth-order valence-electron chi connectivity index (χ4n) is 9.13. The molecule has 0 atom stereocenters. The molecule has 0 radical (unpaired) electrons. The number of benzene rings is 2. The quantitative estimate of drug-likeness (QED) is 0.116. The van der Waals surface area contributed by atoms with E-state index in [0.717, 1.165) is 63.2 Å². The number of unbranched alkanes of at least 4 members (excludes halogenated alkanes) is 10. The lowest BCUT2D eigenvalue weighted by Crippen LogP contribution is -2.66. The first-order valence-electron chi connectivity index (χ1n) is 19.3. The van der Waals surface area contributed by atoms with Gasteiger partial charge in [0.2, 0.25) is 0 Å². The smallest absolute Gasteiger partial charge is 0.129 e. The average molecular weight is 670 g/mol. The summed E-state index contributed by atoms with van der Waals surface area (Å²) >= 11 is 14.9. The monoisotopic (exact) mass is 668 g/mol. The molecule has 0 heterocycles. The molecule has 0 unspecified atom stereocenters. The van der Waals surface area contributed by atoms with Crippen molar-refractivity contribution in [3.05, 3.63) is 59.7 Å². The van der Waals surface area contributed by atoms with Gasteiger partial charge in [-0.3, -0.25) is 0 Å². The first-order valence-corrected chi connectivity index (χ1v) is 20.0. The van der Waals surface area contributed by atoms with Crippen LogP contribution in [0.5, 0.6) is 11.5 Å². The SMILES string of the molecule is CCCCCCCCOc1ccc(C2CCC3(CC2)CC2(CCC(c4ccc(OCCCCCCCC)cc4)CC2)C3(Cl)Cl)cc1. The summed E-state index contributed by atoms with van der Waals surface area (Å²) in [4.78, 5) is 0. The topological polar surface area (TPSA) is 18.5 Å². The molecule has 2 nitrogen and oxygen atoms in total. The van der Waals surface area contributed by atoms with E-state index in [0.29, 0.717) is 11.8 Å². The van der Waals surface area contributed by atoms with Gasteiger partial charge in [0.15, 0.2) is 0 Å². The van der Waals surface area contributed by atoms with Crippen molar-refractivity contribution in [3.63, 3.8) is 0 Å². The summed E-state index contributed by atoms with van der Waals surface area (Å²) in [6.45, 7) is 6.19. The molecule has 0 aromatic heterocycles. The van der Waals surface area contributed by atoms with Crippen molar-refractivity contribution in [1.29, 1.82) is 0 Å². The fraction of sp³-hybridized carbons (Fsp3) is 0.714. The molecule has 5 rings (SSSR count). The van der Waals surface area contributed by atoms with Gasteiger partial charge in [0.05, 0.1) is 13.2 Å². The second-order valence-corrected chi connectivity index (χ2v) is 16.6. The first-order chi connectivity index (χ1) is 22.4. The predicted octanol–water partition coefficient (Wildman–Crippen LogP) is 13.7. The molecule has 3 saturated carbocycles. The number of halogens is 2. The summed E-state index contributed by atoms with van der Waals surface area (Å²) in [6, 6.07) is 17.9. The Hall–Kier alpha value is -1.38. The van der Waals surface area contributed by atoms with Crippen LogP contribution in [0.4, 0.5) is 0 Å². The van der Waals surface area contributed by atoms with Crippen molar-refractivity contribution < 1.29 is 9.47 Å². The number of hydrogen-bond acceptors (Lipinski definition) is 2. The van der Waals surface area contributed by atoms with E-state index in [-0.39, 0.29) is 10.8 Å². The van der Waals surface area contributed by atoms with Crippen LogP contribution in [0, 0.1) is 10.8 Å². The maximum absolute atomic E-state index is 7.43. The van der Waals surface area contributed by atoms with Crippen molar-refractivity contribution >= 4 is 23.2 Å². The van der Waals surface area contributed by atoms with E-state index in [4.69, 9.17) is 32.7 Å². The Kier molecular flexibility index (Phi) is 13.5. The third-order valence-electron chi connectivity index (χ3n) is 12.1. The van der Waals surface area contributed by atoms with E-state index >= 15 is 0 Å². The highest BCUT2D eigenvalue weighted by Crippen LogP contribution is 2.77. The Balaban J connectivity index is 1.02. The number of rotatable bonds is 18. The minimum Gasteiger partial charge on any atom is -0.494 e. The van der Waals surface area contributed by atoms with E-state index in [9.17, 15) is 0 Å². The second-order valence-electron chi connectivity index (χ2n) is 15.2. The van der Waals surface area contributed by atoms with Gasteiger partial charge in [-0.15, -0.1) is 23.2 Å². The normalized spacial score (nSPS) is 27.0. The van der Waals surface area contributed by atoms with Gasteiger partial charge < -0.3 is 9.47 Å². The van der Waals surface area contributed by atoms with Crippen LogP contribution >= 0.6 is 23.2 Å². The maximum atomic E-state index is 7.43. The van der Waals surface area contributed by atoms with E-state index in [1.807, 2.05) is 0 Å². The zero-order valence-corrected chi connectivity index (χ0v) is 30.6. The molecule has 3 aliphatic rings. The number of hydrogen-bond donors (Lipinski definition) is 0. The second kappa shape index (κ2) is 17.3. The Morgan fingerprint density at radius 3 is 1.22 bits per heavy atom. The van der Waals surface area contributed by atoms with Crippen LogP contribution in [0.15, 0.2) is 48.5 Å². The van der Waals surface area contributed by atoms with Crippen LogP contribution in [0.3, 0.4) is 0 Å². The molecule has 3 aliphatic carbocycles. The standard InChI is InChI=1S/C42H62Cl2O2/c1-3-5-7-9-11-13-31-45-38-19-15-34(16-20-38)36-23-27-40(28-24-36)33-41(42(40,43)44)29-25-37(26-30-41)35-17-21-39(22-18-35)46-32-14-12-10-8-6-4-2/h15-22,36-37H,3-14,23-33H2,1-2H3. The molecule has 2 aromatic rings. The number of alkyl halides is 2. The fourth-order valence-corrected chi connectivity index (χ4v) is 10.2. The molecule has 256 valence electrons. The zero-order valence-electron chi connectivity index (χ0n) is 29.1. The van der Waals surface area contributed by atoms with E-state index < -0.39 is 4.33 Å². The molecular formula is C42H62Cl2O2. The lowest BCUT2D eigenvalue weighted by atomic mass is 9.43. The molecule has 2 aromatic carbocycles. The van der Waals surface area contributed by atoms with Gasteiger partial charge in [-0.2, -0.15) is 0 Å². The van der Waals surface area contributed by atoms with Crippen molar-refractivity contribution in [2.45, 2.75) is 165 Å². The maximum Gasteiger partial charge on any atom is 0.129 e. The van der Waals surface area contributed by atoms with Crippen LogP contribution in [0.25, 0.3) is 0 Å². The van der Waals surface area contributed by atoms with Gasteiger partial charge in [0.1, 0.15) is 15.8 Å². The van der Waals surface area contributed by atoms with Crippen LogP contribution in [0.2, 0.25) is 0 Å². The van der Waals surface area contributed by atoms with Crippen LogP contribution in [-0.2, 0) is 0 Å². The molecule has 4 heteroatoms. The summed E-state index contributed by atoms with van der Waals surface area (Å²) in [5, 5.41) is 0. The summed E-state index contributed by atoms with van der Waals surface area (Å²) in [5.41, 5.74) is 3.08. The largest absolute Gasteiger partial charge is 0.494 e. The van der Waals surface area contributed by atoms with Crippen molar-refractivity contribution in [3.8, 4) is 11.5 Å². The van der Waals surface area contributed by atoms with Gasteiger partial charge >= 0.3 is 0 Å². The summed E-state index contributed by atoms with van der Waals surface area (Å²) < 4.78 is 11.5. The summed E-state index contributed by atoms with van der Waals surface area (Å²) in [7, 11) is 0. The Morgan fingerprint density at radius 1 is 0.522 bits per heavy atom. The summed E-state index contributed by atoms with van der Waals surface area (Å²) in [6.07, 6.45) is 26.1. The molecule has 2 spiro atoms. The molecule has 0 amide bonds. The third kappa shape index (κ3) is 8.61. The summed E-state index contributed by atoms with van der Waals surface area (Å²) in [5.74, 6) is 3.23. The number of ether oxygens (including phenoxy) is 2. The molecule has 0 bridgehead atoms. The van der Waals surface area contributed by atoms with Crippen molar-refractivity contribution in [2.75, 3.05) is 13.2 Å². The Morgan fingerprint density at radius 2 is 0.870 bits per heavy atom. The lowest BCUT2D eigenvalue weighted by molar-refractivity contribution is -0.107. The first kappa shape index (κ1) is 35.9. The van der Waals surface area contributed by atoms with Gasteiger partial charge in [0, 0.05) is 10.8 Å². The highest BCUT2D eigenvalue weighted by Gasteiger charge is 2.72. The van der Waals surface area contributed by atoms with Crippen molar-refractivity contribution in [2.24, 2.45) is 10.8 Å². The van der Waals surface area contributed by atoms with Crippen molar-refractivity contribution in [1.82, 2.24) is 0 Å². The minimum absolute atomic E-state index is 0.0919. The van der Waals surface area contributed by atoms with Crippen LogP contribution in [0.1, 0.15) is 172 Å². The van der Waals surface area contributed by atoms with E-state index in [1.54, 1.807) is 0 Å². The Labute approximate surface area is 291 Å². The van der Waals surface area contributed by atoms with Crippen LogP contribution in [-0.4, -0.2) is 17.5 Å². The average Bonchev–Trinajstić information content (AvgIpc) is 3.09. The zero-order chi connectivity index (χ0) is 32.3. The van der Waals surface area contributed by atoms with Gasteiger partial charge in [-0.1, -0.05) is 102 Å². The minimum atomic E-state index is -0.599. The highest BCUT2D eigenvalue weighted by atomic mass is 35.5. The molecular weight excluding hydrogens is 607 g/mol. The lowest BCUT2D eigenvalue weighted by Gasteiger charge is -2.69. The molecule has 3 fully saturated rings. The highest BCUT2D eigenvalue weighted by molar-refractivity contribution is 6.50. The predicted molar refractivity (Wildman–Crippen MR) is 197 cm³/mol. The third-order valence-corrected chi connectivity index (χ3v) is 13.7. The van der Waals surface area contributed by atoms with Gasteiger partial charge in [-0.05, 0) is 118 Å². The van der Waals surface area contributed by atoms with Crippen LogP contribution < -0.4 is 9.47 Å². The molecule has 46 heavy (non-hydrogen) atoms.